The molecule has 0 aromatic heterocycles. The van der Waals surface area contributed by atoms with Gasteiger partial charge in [0.15, 0.2) is 0 Å². The molecule has 3 rings (SSSR count). The summed E-state index contributed by atoms with van der Waals surface area (Å²) >= 11 is 0. The number of nitrogens with zero attached hydrogens (tertiary/aromatic N) is 2. The number of nitrogens with one attached hydrogen (secondary N) is 1. The number of carbonyl (C=O) groups excluding carboxylic acids is 2. The maximum Gasteiger partial charge on any atom is 0.248 e. The summed E-state index contributed by atoms with van der Waals surface area (Å²) in [6.45, 7) is 10.7. The molecule has 0 aromatic carbocycles. The molecule has 2 amide bonds. The molecule has 0 aromatic rings. The van der Waals surface area contributed by atoms with E-state index in [9.17, 15) is 9.59 Å². The second kappa shape index (κ2) is 7.00. The first-order valence-electron chi connectivity index (χ1n) is 9.35. The summed E-state index contributed by atoms with van der Waals surface area (Å²) in [6, 6.07) is 0.420. The Hall–Kier alpha value is -1.14. The van der Waals surface area contributed by atoms with Gasteiger partial charge in [-0.15, -0.1) is 0 Å². The van der Waals surface area contributed by atoms with E-state index in [0.29, 0.717) is 12.0 Å². The molecule has 2 aliphatic heterocycles. The summed E-state index contributed by atoms with van der Waals surface area (Å²) in [5.41, 5.74) is -0.732. The molecule has 2 heterocycles. The SMILES string of the molecule is CC[C@@H]1CN(C(=O)[C@](C)(NC(C)=O)C2CC2)C[C@@H]1N1CCOCC1. The zero-order chi connectivity index (χ0) is 17.3. The summed E-state index contributed by atoms with van der Waals surface area (Å²) in [5, 5.41) is 2.96. The van der Waals surface area contributed by atoms with Gasteiger partial charge in [-0.2, -0.15) is 0 Å². The molecule has 0 unspecified atom stereocenters. The fraction of sp³-hybridized carbons (Fsp3) is 0.889. The molecule has 0 radical (unpaired) electrons. The van der Waals surface area contributed by atoms with Gasteiger partial charge in [0.05, 0.1) is 13.2 Å². The number of amides is 2. The molecule has 24 heavy (non-hydrogen) atoms. The average molecular weight is 337 g/mol. The largest absolute Gasteiger partial charge is 0.379 e. The second-order valence-electron chi connectivity index (χ2n) is 7.75. The summed E-state index contributed by atoms with van der Waals surface area (Å²) in [4.78, 5) is 29.4. The van der Waals surface area contributed by atoms with Crippen LogP contribution in [0.5, 0.6) is 0 Å². The van der Waals surface area contributed by atoms with Gasteiger partial charge in [0.2, 0.25) is 11.8 Å². The minimum atomic E-state index is -0.732. The van der Waals surface area contributed by atoms with Crippen LogP contribution in [-0.2, 0) is 14.3 Å². The van der Waals surface area contributed by atoms with Crippen LogP contribution in [0.15, 0.2) is 0 Å². The minimum Gasteiger partial charge on any atom is -0.379 e. The Bertz CT molecular complexity index is 488. The number of ether oxygens (including phenoxy) is 1. The van der Waals surface area contributed by atoms with E-state index < -0.39 is 5.54 Å². The van der Waals surface area contributed by atoms with Crippen LogP contribution in [0.25, 0.3) is 0 Å². The summed E-state index contributed by atoms with van der Waals surface area (Å²) < 4.78 is 5.47. The van der Waals surface area contributed by atoms with E-state index in [0.717, 1.165) is 58.7 Å². The highest BCUT2D eigenvalue weighted by Gasteiger charge is 2.51. The number of hydrogen-bond acceptors (Lipinski definition) is 4. The molecular formula is C18H31N3O3. The quantitative estimate of drug-likeness (QED) is 0.808. The molecule has 136 valence electrons. The van der Waals surface area contributed by atoms with Gasteiger partial charge in [0.1, 0.15) is 5.54 Å². The molecule has 1 saturated carbocycles. The predicted molar refractivity (Wildman–Crippen MR) is 91.5 cm³/mol. The average Bonchev–Trinajstić information content (AvgIpc) is 3.34. The molecule has 6 nitrogen and oxygen atoms in total. The Morgan fingerprint density at radius 2 is 1.88 bits per heavy atom. The summed E-state index contributed by atoms with van der Waals surface area (Å²) in [5.74, 6) is 0.785. The lowest BCUT2D eigenvalue weighted by atomic mass is 9.93. The van der Waals surface area contributed by atoms with Crippen LogP contribution < -0.4 is 5.32 Å². The van der Waals surface area contributed by atoms with Gasteiger partial charge in [-0.1, -0.05) is 13.3 Å². The van der Waals surface area contributed by atoms with E-state index in [2.05, 4.69) is 17.1 Å². The Labute approximate surface area is 144 Å². The maximum atomic E-state index is 13.2. The molecule has 2 saturated heterocycles. The normalized spacial score (nSPS) is 30.9. The number of likely N-dealkylation sites (tertiary alicyclic amines) is 1. The molecular weight excluding hydrogens is 306 g/mol. The zero-order valence-electron chi connectivity index (χ0n) is 15.2. The molecule has 1 N–H and O–H groups in total. The molecule has 6 heteroatoms. The Balaban J connectivity index is 1.71. The van der Waals surface area contributed by atoms with Crippen molar-refractivity contribution in [1.82, 2.24) is 15.1 Å². The Kier molecular flexibility index (Phi) is 5.16. The first kappa shape index (κ1) is 17.7. The van der Waals surface area contributed by atoms with Gasteiger partial charge in [-0.25, -0.2) is 0 Å². The topological polar surface area (TPSA) is 61.9 Å². The van der Waals surface area contributed by atoms with E-state index in [1.165, 1.54) is 6.92 Å². The molecule has 0 bridgehead atoms. The van der Waals surface area contributed by atoms with Crippen molar-refractivity contribution in [1.29, 1.82) is 0 Å². The third-order valence-electron chi connectivity index (χ3n) is 6.01. The van der Waals surface area contributed by atoms with Crippen molar-refractivity contribution in [2.45, 2.75) is 51.6 Å². The van der Waals surface area contributed by atoms with Gasteiger partial charge in [-0.05, 0) is 31.6 Å². The fourth-order valence-corrected chi connectivity index (χ4v) is 4.43. The third kappa shape index (κ3) is 3.45. The number of morpholine rings is 1. The van der Waals surface area contributed by atoms with Crippen LogP contribution in [-0.4, -0.2) is 72.6 Å². The van der Waals surface area contributed by atoms with Gasteiger partial charge in [0, 0.05) is 39.1 Å². The maximum absolute atomic E-state index is 13.2. The van der Waals surface area contributed by atoms with Crippen LogP contribution in [0.4, 0.5) is 0 Å². The van der Waals surface area contributed by atoms with Crippen LogP contribution in [0.1, 0.15) is 40.0 Å². The van der Waals surface area contributed by atoms with E-state index >= 15 is 0 Å². The van der Waals surface area contributed by atoms with Crippen molar-refractivity contribution in [3.8, 4) is 0 Å². The summed E-state index contributed by atoms with van der Waals surface area (Å²) in [7, 11) is 0. The van der Waals surface area contributed by atoms with E-state index in [-0.39, 0.29) is 17.7 Å². The Morgan fingerprint density at radius 1 is 1.21 bits per heavy atom. The monoisotopic (exact) mass is 337 g/mol. The van der Waals surface area contributed by atoms with Gasteiger partial charge in [-0.3, -0.25) is 14.5 Å². The lowest BCUT2D eigenvalue weighted by Gasteiger charge is -2.35. The smallest absolute Gasteiger partial charge is 0.248 e. The van der Waals surface area contributed by atoms with Crippen molar-refractivity contribution in [3.05, 3.63) is 0 Å². The third-order valence-corrected chi connectivity index (χ3v) is 6.01. The minimum absolute atomic E-state index is 0.106. The first-order chi connectivity index (χ1) is 11.5. The highest BCUT2D eigenvalue weighted by Crippen LogP contribution is 2.41. The highest BCUT2D eigenvalue weighted by atomic mass is 16.5. The van der Waals surface area contributed by atoms with Crippen LogP contribution in [0.3, 0.4) is 0 Å². The van der Waals surface area contributed by atoms with Crippen molar-refractivity contribution >= 4 is 11.8 Å². The van der Waals surface area contributed by atoms with Crippen molar-refractivity contribution in [2.75, 3.05) is 39.4 Å². The summed E-state index contributed by atoms with van der Waals surface area (Å²) in [6.07, 6.45) is 3.13. The van der Waals surface area contributed by atoms with Gasteiger partial charge < -0.3 is 15.0 Å². The molecule has 3 aliphatic rings. The predicted octanol–water partition coefficient (Wildman–Crippen LogP) is 0.860. The van der Waals surface area contributed by atoms with Crippen molar-refractivity contribution < 1.29 is 14.3 Å². The standard InChI is InChI=1S/C18H31N3O3/c1-4-14-11-21(12-16(14)20-7-9-24-10-8-20)17(23)18(3,15-5-6-15)19-13(2)22/h14-16H,4-12H2,1-3H3,(H,19,22)/t14-,16+,18-/m1/s1. The molecule has 1 aliphatic carbocycles. The lowest BCUT2D eigenvalue weighted by Crippen LogP contribution is -2.59. The van der Waals surface area contributed by atoms with Crippen molar-refractivity contribution in [3.63, 3.8) is 0 Å². The Morgan fingerprint density at radius 3 is 2.42 bits per heavy atom. The lowest BCUT2D eigenvalue weighted by molar-refractivity contribution is -0.141. The number of hydrogen-bond donors (Lipinski definition) is 1. The zero-order valence-corrected chi connectivity index (χ0v) is 15.2. The highest BCUT2D eigenvalue weighted by molar-refractivity contribution is 5.91. The number of rotatable bonds is 5. The van der Waals surface area contributed by atoms with E-state index in [1.54, 1.807) is 0 Å². The van der Waals surface area contributed by atoms with Crippen LogP contribution in [0.2, 0.25) is 0 Å². The molecule has 0 spiro atoms. The van der Waals surface area contributed by atoms with Crippen LogP contribution in [0, 0.1) is 11.8 Å². The van der Waals surface area contributed by atoms with Gasteiger partial charge in [0.25, 0.3) is 0 Å². The molecule has 3 fully saturated rings. The number of carbonyl (C=O) groups is 2. The van der Waals surface area contributed by atoms with E-state index in [1.807, 2.05) is 11.8 Å². The molecule has 3 atom stereocenters. The van der Waals surface area contributed by atoms with Gasteiger partial charge >= 0.3 is 0 Å². The first-order valence-corrected chi connectivity index (χ1v) is 9.35. The second-order valence-corrected chi connectivity index (χ2v) is 7.75. The van der Waals surface area contributed by atoms with Crippen molar-refractivity contribution in [2.24, 2.45) is 11.8 Å². The fourth-order valence-electron chi connectivity index (χ4n) is 4.43. The van der Waals surface area contributed by atoms with E-state index in [4.69, 9.17) is 4.74 Å². The van der Waals surface area contributed by atoms with Crippen LogP contribution >= 0.6 is 0 Å².